The maximum Gasteiger partial charge on any atom is 0.306 e. The number of rotatable bonds is 60. The third-order valence-electron chi connectivity index (χ3n) is 14.5. The zero-order chi connectivity index (χ0) is 54.3. The number of esters is 3. The molecule has 1 atom stereocenters. The summed E-state index contributed by atoms with van der Waals surface area (Å²) < 4.78 is 16.9. The van der Waals surface area contributed by atoms with Crippen molar-refractivity contribution >= 4 is 17.9 Å². The van der Waals surface area contributed by atoms with E-state index in [1.54, 1.807) is 0 Å². The number of hydrogen-bond acceptors (Lipinski definition) is 6. The summed E-state index contributed by atoms with van der Waals surface area (Å²) in [7, 11) is 0. The van der Waals surface area contributed by atoms with Crippen LogP contribution in [-0.4, -0.2) is 37.2 Å². The van der Waals surface area contributed by atoms with Gasteiger partial charge in [0.05, 0.1) is 0 Å². The first kappa shape index (κ1) is 72.1. The molecule has 0 saturated heterocycles. The molecule has 6 heteroatoms. The third kappa shape index (κ3) is 61.8. The molecule has 0 spiro atoms. The van der Waals surface area contributed by atoms with Crippen molar-refractivity contribution in [2.75, 3.05) is 13.2 Å². The van der Waals surface area contributed by atoms with Gasteiger partial charge in [-0.1, -0.05) is 326 Å². The summed E-state index contributed by atoms with van der Waals surface area (Å²) >= 11 is 0. The van der Waals surface area contributed by atoms with Gasteiger partial charge in [-0.25, -0.2) is 0 Å². The molecular weight excluding hydrogens is 925 g/mol. The molecule has 0 rings (SSSR count). The summed E-state index contributed by atoms with van der Waals surface area (Å²) in [6, 6.07) is 0. The standard InChI is InChI=1S/C69H124O6/c1-4-7-10-13-16-19-22-25-28-31-33-35-38-41-44-47-50-53-56-59-62-68(71)74-65-66(64-73-67(70)61-58-55-52-49-46-43-40-37-30-27-24-21-18-15-12-9-6-3)75-69(72)63-60-57-54-51-48-45-42-39-36-34-32-29-26-23-20-17-14-11-8-5-2/h9,12,18,21,27,30,40,43,49,52,66H,4-8,10-11,13-17,19-20,22-26,28-29,31-39,41-42,44-48,50-51,53-65H2,1-3H3/b12-9-,21-18-,30-27-,43-40-,52-49-. The van der Waals surface area contributed by atoms with Crippen LogP contribution in [0.2, 0.25) is 0 Å². The molecule has 0 amide bonds. The minimum Gasteiger partial charge on any atom is -0.462 e. The van der Waals surface area contributed by atoms with Crippen molar-refractivity contribution in [1.29, 1.82) is 0 Å². The van der Waals surface area contributed by atoms with E-state index in [-0.39, 0.29) is 37.5 Å². The zero-order valence-electron chi connectivity index (χ0n) is 50.1. The molecule has 0 fully saturated rings. The Morgan fingerprint density at radius 3 is 0.813 bits per heavy atom. The van der Waals surface area contributed by atoms with Crippen molar-refractivity contribution in [2.24, 2.45) is 0 Å². The van der Waals surface area contributed by atoms with Gasteiger partial charge in [0.15, 0.2) is 6.10 Å². The molecule has 75 heavy (non-hydrogen) atoms. The van der Waals surface area contributed by atoms with E-state index in [0.717, 1.165) is 77.0 Å². The van der Waals surface area contributed by atoms with E-state index in [2.05, 4.69) is 81.5 Å². The predicted octanol–water partition coefficient (Wildman–Crippen LogP) is 22.3. The fourth-order valence-corrected chi connectivity index (χ4v) is 9.66. The highest BCUT2D eigenvalue weighted by Crippen LogP contribution is 2.18. The van der Waals surface area contributed by atoms with Gasteiger partial charge >= 0.3 is 17.9 Å². The minimum atomic E-state index is -0.795. The quantitative estimate of drug-likeness (QED) is 0.0261. The van der Waals surface area contributed by atoms with Crippen LogP contribution in [0.4, 0.5) is 0 Å². The van der Waals surface area contributed by atoms with Gasteiger partial charge in [-0.3, -0.25) is 14.4 Å². The van der Waals surface area contributed by atoms with E-state index >= 15 is 0 Å². The number of carbonyl (C=O) groups excluding carboxylic acids is 3. The zero-order valence-corrected chi connectivity index (χ0v) is 50.1. The molecule has 0 aromatic carbocycles. The van der Waals surface area contributed by atoms with Gasteiger partial charge in [-0.15, -0.1) is 0 Å². The van der Waals surface area contributed by atoms with Crippen LogP contribution in [0.15, 0.2) is 60.8 Å². The maximum atomic E-state index is 12.9. The number of carbonyl (C=O) groups is 3. The molecule has 0 aliphatic heterocycles. The molecule has 0 heterocycles. The van der Waals surface area contributed by atoms with Gasteiger partial charge < -0.3 is 14.2 Å². The SMILES string of the molecule is CC/C=C\C/C=C\C/C=C\C/C=C\C/C=C\CCCC(=O)OCC(COC(=O)CCCCCCCCCCCCCCCCCCCCCC)OC(=O)CCCCCCCCCCCCCCCCCCCCCC. The van der Waals surface area contributed by atoms with Crippen LogP contribution in [0.25, 0.3) is 0 Å². The fourth-order valence-electron chi connectivity index (χ4n) is 9.66. The molecule has 0 aromatic heterocycles. The normalized spacial score (nSPS) is 12.4. The smallest absolute Gasteiger partial charge is 0.306 e. The summed E-state index contributed by atoms with van der Waals surface area (Å²) in [5, 5.41) is 0. The Kier molecular flexibility index (Phi) is 61.2. The average Bonchev–Trinajstić information content (AvgIpc) is 3.41. The molecule has 0 aliphatic rings. The van der Waals surface area contributed by atoms with Crippen LogP contribution in [-0.2, 0) is 28.6 Å². The van der Waals surface area contributed by atoms with Gasteiger partial charge in [0.25, 0.3) is 0 Å². The summed E-state index contributed by atoms with van der Waals surface area (Å²) in [6.07, 6.45) is 81.0. The van der Waals surface area contributed by atoms with Crippen molar-refractivity contribution in [3.05, 3.63) is 60.8 Å². The van der Waals surface area contributed by atoms with Gasteiger partial charge in [0.1, 0.15) is 13.2 Å². The summed E-state index contributed by atoms with van der Waals surface area (Å²) in [5.41, 5.74) is 0. The van der Waals surface area contributed by atoms with Crippen molar-refractivity contribution in [3.63, 3.8) is 0 Å². The van der Waals surface area contributed by atoms with Crippen LogP contribution in [0.3, 0.4) is 0 Å². The molecule has 0 N–H and O–H groups in total. The van der Waals surface area contributed by atoms with Gasteiger partial charge in [0, 0.05) is 19.3 Å². The molecular formula is C69H124O6. The lowest BCUT2D eigenvalue weighted by molar-refractivity contribution is -0.167. The van der Waals surface area contributed by atoms with Gasteiger partial charge in [-0.2, -0.15) is 0 Å². The van der Waals surface area contributed by atoms with Crippen LogP contribution in [0.1, 0.15) is 342 Å². The highest BCUT2D eigenvalue weighted by atomic mass is 16.6. The highest BCUT2D eigenvalue weighted by Gasteiger charge is 2.19. The van der Waals surface area contributed by atoms with Crippen LogP contribution >= 0.6 is 0 Å². The Labute approximate surface area is 466 Å². The number of hydrogen-bond donors (Lipinski definition) is 0. The van der Waals surface area contributed by atoms with Crippen LogP contribution < -0.4 is 0 Å². The van der Waals surface area contributed by atoms with Gasteiger partial charge in [-0.05, 0) is 57.8 Å². The monoisotopic (exact) mass is 1050 g/mol. The lowest BCUT2D eigenvalue weighted by atomic mass is 10.0. The first-order chi connectivity index (χ1) is 37.0. The van der Waals surface area contributed by atoms with E-state index in [0.29, 0.717) is 19.3 Å². The second-order valence-corrected chi connectivity index (χ2v) is 22.0. The Morgan fingerprint density at radius 2 is 0.520 bits per heavy atom. The molecule has 0 saturated carbocycles. The fraction of sp³-hybridized carbons (Fsp3) is 0.812. The molecule has 0 radical (unpaired) electrons. The van der Waals surface area contributed by atoms with Gasteiger partial charge in [0.2, 0.25) is 0 Å². The molecule has 0 aromatic rings. The van der Waals surface area contributed by atoms with E-state index in [1.807, 2.05) is 0 Å². The topological polar surface area (TPSA) is 78.9 Å². The van der Waals surface area contributed by atoms with Crippen molar-refractivity contribution in [2.45, 2.75) is 348 Å². The Morgan fingerprint density at radius 1 is 0.280 bits per heavy atom. The molecule has 6 nitrogen and oxygen atoms in total. The second-order valence-electron chi connectivity index (χ2n) is 22.0. The van der Waals surface area contributed by atoms with Crippen molar-refractivity contribution in [3.8, 4) is 0 Å². The number of ether oxygens (including phenoxy) is 3. The first-order valence-corrected chi connectivity index (χ1v) is 32.8. The number of allylic oxidation sites excluding steroid dienone is 10. The van der Waals surface area contributed by atoms with E-state index < -0.39 is 6.10 Å². The molecule has 0 bridgehead atoms. The minimum absolute atomic E-state index is 0.0870. The van der Waals surface area contributed by atoms with E-state index in [4.69, 9.17) is 14.2 Å². The van der Waals surface area contributed by atoms with Crippen molar-refractivity contribution < 1.29 is 28.6 Å². The summed E-state index contributed by atoms with van der Waals surface area (Å²) in [4.78, 5) is 38.3. The summed E-state index contributed by atoms with van der Waals surface area (Å²) in [6.45, 7) is 6.54. The Bertz CT molecular complexity index is 1340. The Balaban J connectivity index is 4.38. The van der Waals surface area contributed by atoms with Crippen molar-refractivity contribution in [1.82, 2.24) is 0 Å². The van der Waals surface area contributed by atoms with Crippen LogP contribution in [0, 0.1) is 0 Å². The second kappa shape index (κ2) is 63.6. The number of unbranched alkanes of at least 4 members (excludes halogenated alkanes) is 39. The molecule has 1 unspecified atom stereocenters. The Hall–Kier alpha value is -2.89. The lowest BCUT2D eigenvalue weighted by Crippen LogP contribution is -2.30. The average molecular weight is 1050 g/mol. The first-order valence-electron chi connectivity index (χ1n) is 32.8. The molecule has 436 valence electrons. The molecule has 0 aliphatic carbocycles. The predicted molar refractivity (Wildman–Crippen MR) is 325 cm³/mol. The highest BCUT2D eigenvalue weighted by molar-refractivity contribution is 5.71. The van der Waals surface area contributed by atoms with E-state index in [1.165, 1.54) is 218 Å². The third-order valence-corrected chi connectivity index (χ3v) is 14.5. The largest absolute Gasteiger partial charge is 0.462 e. The van der Waals surface area contributed by atoms with E-state index in [9.17, 15) is 14.4 Å². The lowest BCUT2D eigenvalue weighted by Gasteiger charge is -2.18. The summed E-state index contributed by atoms with van der Waals surface area (Å²) in [5.74, 6) is -0.925. The maximum absolute atomic E-state index is 12.9. The van der Waals surface area contributed by atoms with Crippen LogP contribution in [0.5, 0.6) is 0 Å².